The first kappa shape index (κ1) is 21.9. The number of piperidine rings is 1. The minimum Gasteiger partial charge on any atom is -0.394 e. The molecule has 2 aliphatic rings. The fourth-order valence-corrected chi connectivity index (χ4v) is 4.27. The van der Waals surface area contributed by atoms with Crippen molar-refractivity contribution in [3.63, 3.8) is 0 Å². The van der Waals surface area contributed by atoms with E-state index in [0.717, 1.165) is 11.6 Å². The lowest BCUT2D eigenvalue weighted by Crippen LogP contribution is -2.58. The van der Waals surface area contributed by atoms with Crippen LogP contribution in [0.1, 0.15) is 36.9 Å². The number of aliphatic hydroxyl groups is 2. The highest BCUT2D eigenvalue weighted by Gasteiger charge is 2.41. The van der Waals surface area contributed by atoms with Crippen LogP contribution in [0.15, 0.2) is 29.3 Å². The van der Waals surface area contributed by atoms with E-state index in [2.05, 4.69) is 22.0 Å². The molecular formula is C21H24FN5O3. The molecule has 0 bridgehead atoms. The van der Waals surface area contributed by atoms with E-state index < -0.39 is 30.7 Å². The standard InChI is InChI=1S/C21H24FN5O3/c1-11-14(21(30)27-16-4-5-25-17(9-24)20(11)16)7-19(29)26-18(10-28)13-3-2-12(8-23)6-15(13)22/h2-3,6,16-20,25-26,28-29H,4-5,7,10H2,1H3,(H,27,30)/t16?,17?,18-,19?,20?/m0/s1. The van der Waals surface area contributed by atoms with Gasteiger partial charge < -0.3 is 20.8 Å². The van der Waals surface area contributed by atoms with Gasteiger partial charge in [0.25, 0.3) is 0 Å². The first-order chi connectivity index (χ1) is 14.4. The number of nitrogens with one attached hydrogen (secondary N) is 3. The molecule has 0 aromatic heterocycles. The molecule has 0 radical (unpaired) electrons. The number of fused-ring (bicyclic) bond motifs is 1. The minimum absolute atomic E-state index is 0.0621. The molecule has 2 aliphatic heterocycles. The summed E-state index contributed by atoms with van der Waals surface area (Å²) in [6, 6.07) is 6.45. The third-order valence-electron chi connectivity index (χ3n) is 5.80. The van der Waals surface area contributed by atoms with Gasteiger partial charge in [-0.2, -0.15) is 10.5 Å². The number of rotatable bonds is 6. The summed E-state index contributed by atoms with van der Waals surface area (Å²) >= 11 is 0. The Kier molecular flexibility index (Phi) is 6.80. The zero-order valence-electron chi connectivity index (χ0n) is 16.5. The fraction of sp³-hybridized carbons (Fsp3) is 0.476. The van der Waals surface area contributed by atoms with E-state index in [0.29, 0.717) is 18.5 Å². The largest absolute Gasteiger partial charge is 0.394 e. The van der Waals surface area contributed by atoms with E-state index in [-0.39, 0.29) is 35.4 Å². The Morgan fingerprint density at radius 2 is 2.17 bits per heavy atom. The quantitative estimate of drug-likeness (QED) is 0.424. The number of carbonyl (C=O) groups excluding carboxylic acids is 1. The van der Waals surface area contributed by atoms with Gasteiger partial charge in [-0.05, 0) is 32.0 Å². The molecule has 158 valence electrons. The van der Waals surface area contributed by atoms with Gasteiger partial charge in [-0.25, -0.2) is 4.39 Å². The molecule has 0 aliphatic carbocycles. The van der Waals surface area contributed by atoms with Crippen molar-refractivity contribution in [3.05, 3.63) is 46.3 Å². The minimum atomic E-state index is -1.23. The number of aliphatic hydroxyl groups excluding tert-OH is 2. The second-order valence-electron chi connectivity index (χ2n) is 7.59. The van der Waals surface area contributed by atoms with Crippen molar-refractivity contribution in [2.24, 2.45) is 5.92 Å². The van der Waals surface area contributed by atoms with Gasteiger partial charge in [-0.1, -0.05) is 11.6 Å². The number of halogens is 1. The van der Waals surface area contributed by atoms with E-state index in [1.165, 1.54) is 12.1 Å². The number of hydrogen-bond acceptors (Lipinski definition) is 7. The Morgan fingerprint density at radius 1 is 1.40 bits per heavy atom. The highest BCUT2D eigenvalue weighted by Crippen LogP contribution is 2.32. The van der Waals surface area contributed by atoms with E-state index in [4.69, 9.17) is 5.26 Å². The maximum Gasteiger partial charge on any atom is 0.247 e. The van der Waals surface area contributed by atoms with Gasteiger partial charge in [-0.15, -0.1) is 0 Å². The third kappa shape index (κ3) is 4.35. The van der Waals surface area contributed by atoms with Crippen molar-refractivity contribution in [1.29, 1.82) is 10.5 Å². The van der Waals surface area contributed by atoms with Crippen LogP contribution in [0, 0.1) is 34.4 Å². The summed E-state index contributed by atoms with van der Waals surface area (Å²) in [7, 11) is 0. The molecule has 4 unspecified atom stereocenters. The van der Waals surface area contributed by atoms with Crippen LogP contribution in [-0.2, 0) is 4.79 Å². The van der Waals surface area contributed by atoms with E-state index in [9.17, 15) is 24.7 Å². The summed E-state index contributed by atoms with van der Waals surface area (Å²) in [6.07, 6.45) is -0.584. The molecule has 1 aromatic rings. The fourth-order valence-electron chi connectivity index (χ4n) is 4.27. The molecule has 1 amide bonds. The van der Waals surface area contributed by atoms with Gasteiger partial charge in [0, 0.05) is 29.5 Å². The Morgan fingerprint density at radius 3 is 2.80 bits per heavy atom. The number of hydrogen-bond donors (Lipinski definition) is 5. The lowest BCUT2D eigenvalue weighted by molar-refractivity contribution is -0.120. The maximum atomic E-state index is 14.3. The second kappa shape index (κ2) is 9.33. The summed E-state index contributed by atoms with van der Waals surface area (Å²) in [5.74, 6) is -1.15. The van der Waals surface area contributed by atoms with Crippen molar-refractivity contribution in [1.82, 2.24) is 16.0 Å². The van der Waals surface area contributed by atoms with E-state index in [1.807, 2.05) is 6.07 Å². The second-order valence-corrected chi connectivity index (χ2v) is 7.59. The number of nitriles is 2. The van der Waals surface area contributed by atoms with Crippen molar-refractivity contribution in [2.45, 2.75) is 44.1 Å². The van der Waals surface area contributed by atoms with Gasteiger partial charge in [0.15, 0.2) is 0 Å². The zero-order chi connectivity index (χ0) is 21.8. The molecular weight excluding hydrogens is 389 g/mol. The SMILES string of the molecule is CC1=C(CC(O)N[C@@H](CO)c2ccc(C#N)cc2F)C(=O)NC2CCNC(C#N)C12. The lowest BCUT2D eigenvalue weighted by atomic mass is 9.76. The molecule has 9 heteroatoms. The van der Waals surface area contributed by atoms with Crippen LogP contribution in [0.4, 0.5) is 4.39 Å². The summed E-state index contributed by atoms with van der Waals surface area (Å²) in [4.78, 5) is 12.6. The predicted octanol–water partition coefficient (Wildman–Crippen LogP) is 0.345. The molecule has 30 heavy (non-hydrogen) atoms. The van der Waals surface area contributed by atoms with Crippen molar-refractivity contribution in [2.75, 3.05) is 13.2 Å². The molecule has 3 rings (SSSR count). The number of amides is 1. The highest BCUT2D eigenvalue weighted by atomic mass is 19.1. The molecule has 0 spiro atoms. The first-order valence-electron chi connectivity index (χ1n) is 9.77. The van der Waals surface area contributed by atoms with Crippen LogP contribution in [0.5, 0.6) is 0 Å². The van der Waals surface area contributed by atoms with Crippen LogP contribution in [0.2, 0.25) is 0 Å². The zero-order valence-corrected chi connectivity index (χ0v) is 16.5. The van der Waals surface area contributed by atoms with E-state index >= 15 is 0 Å². The average molecular weight is 413 g/mol. The third-order valence-corrected chi connectivity index (χ3v) is 5.80. The molecule has 0 saturated carbocycles. The normalized spacial score (nSPS) is 25.5. The molecule has 5 atom stereocenters. The van der Waals surface area contributed by atoms with Crippen LogP contribution in [-0.4, -0.2) is 47.6 Å². The molecule has 1 fully saturated rings. The number of nitrogens with zero attached hydrogens (tertiary/aromatic N) is 2. The monoisotopic (exact) mass is 413 g/mol. The maximum absolute atomic E-state index is 14.3. The Labute approximate surface area is 174 Å². The summed E-state index contributed by atoms with van der Waals surface area (Å²) in [5.41, 5.74) is 1.37. The van der Waals surface area contributed by atoms with Gasteiger partial charge in [0.2, 0.25) is 5.91 Å². The lowest BCUT2D eigenvalue weighted by Gasteiger charge is -2.41. The van der Waals surface area contributed by atoms with Crippen LogP contribution >= 0.6 is 0 Å². The summed E-state index contributed by atoms with van der Waals surface area (Å²) < 4.78 is 14.3. The van der Waals surface area contributed by atoms with Crippen LogP contribution < -0.4 is 16.0 Å². The van der Waals surface area contributed by atoms with E-state index in [1.54, 1.807) is 6.92 Å². The number of benzene rings is 1. The Bertz CT molecular complexity index is 936. The van der Waals surface area contributed by atoms with Crippen molar-refractivity contribution >= 4 is 5.91 Å². The summed E-state index contributed by atoms with van der Waals surface area (Å²) in [5, 5.41) is 47.3. The molecule has 2 heterocycles. The first-order valence-corrected chi connectivity index (χ1v) is 9.77. The molecule has 8 nitrogen and oxygen atoms in total. The molecule has 1 aromatic carbocycles. The summed E-state index contributed by atoms with van der Waals surface area (Å²) in [6.45, 7) is 1.94. The van der Waals surface area contributed by atoms with Gasteiger partial charge in [-0.3, -0.25) is 10.1 Å². The van der Waals surface area contributed by atoms with Gasteiger partial charge in [0.05, 0.1) is 30.4 Å². The number of carbonyl (C=O) groups is 1. The molecule has 1 saturated heterocycles. The van der Waals surface area contributed by atoms with Gasteiger partial charge in [0.1, 0.15) is 18.1 Å². The van der Waals surface area contributed by atoms with Gasteiger partial charge >= 0.3 is 0 Å². The average Bonchev–Trinajstić information content (AvgIpc) is 2.74. The Hall–Kier alpha value is -2.82. The van der Waals surface area contributed by atoms with Crippen molar-refractivity contribution in [3.8, 4) is 12.1 Å². The Balaban J connectivity index is 1.77. The molecule has 5 N–H and O–H groups in total. The predicted molar refractivity (Wildman–Crippen MR) is 105 cm³/mol. The highest BCUT2D eigenvalue weighted by molar-refractivity contribution is 5.95. The van der Waals surface area contributed by atoms with Crippen molar-refractivity contribution < 1.29 is 19.4 Å². The van der Waals surface area contributed by atoms with Crippen LogP contribution in [0.25, 0.3) is 0 Å². The van der Waals surface area contributed by atoms with Crippen LogP contribution in [0.3, 0.4) is 0 Å². The smallest absolute Gasteiger partial charge is 0.247 e. The topological polar surface area (TPSA) is 141 Å².